The lowest BCUT2D eigenvalue weighted by atomic mass is 10.1. The van der Waals surface area contributed by atoms with Gasteiger partial charge in [0.15, 0.2) is 0 Å². The number of alkyl halides is 3. The smallest absolute Gasteiger partial charge is 0.379 e. The minimum Gasteiger partial charge on any atom is -0.379 e. The van der Waals surface area contributed by atoms with Crippen molar-refractivity contribution in [2.45, 2.75) is 11.1 Å². The topological polar surface area (TPSA) is 105 Å². The maximum Gasteiger partial charge on any atom is 0.405 e. The average Bonchev–Trinajstić information content (AvgIpc) is 2.77. The molecule has 1 aliphatic rings. The largest absolute Gasteiger partial charge is 0.405 e. The molecule has 0 spiro atoms. The lowest BCUT2D eigenvalue weighted by Gasteiger charge is -2.26. The Labute approximate surface area is 182 Å². The van der Waals surface area contributed by atoms with Gasteiger partial charge in [-0.05, 0) is 30.3 Å². The lowest BCUT2D eigenvalue weighted by molar-refractivity contribution is -0.123. The van der Waals surface area contributed by atoms with E-state index < -0.39 is 34.6 Å². The number of sulfonamides is 1. The van der Waals surface area contributed by atoms with Gasteiger partial charge in [0.1, 0.15) is 6.54 Å². The molecule has 2 aromatic rings. The first-order chi connectivity index (χ1) is 15.1. The number of nitrogens with zero attached hydrogens (tertiary/aromatic N) is 1. The second-order valence-corrected chi connectivity index (χ2v) is 8.75. The average molecular weight is 471 g/mol. The molecular formula is C20H20F3N3O5S. The lowest BCUT2D eigenvalue weighted by Crippen LogP contribution is -2.41. The van der Waals surface area contributed by atoms with Crippen molar-refractivity contribution in [3.8, 4) is 0 Å². The highest BCUT2D eigenvalue weighted by Gasteiger charge is 2.30. The number of carbonyl (C=O) groups is 2. The summed E-state index contributed by atoms with van der Waals surface area (Å²) in [7, 11) is -3.95. The number of morpholine rings is 1. The zero-order valence-electron chi connectivity index (χ0n) is 16.7. The van der Waals surface area contributed by atoms with Crippen molar-refractivity contribution in [1.82, 2.24) is 9.62 Å². The van der Waals surface area contributed by atoms with Crippen LogP contribution in [0, 0.1) is 0 Å². The minimum absolute atomic E-state index is 0.0960. The van der Waals surface area contributed by atoms with Crippen molar-refractivity contribution in [1.29, 1.82) is 0 Å². The van der Waals surface area contributed by atoms with Crippen LogP contribution in [0.1, 0.15) is 20.7 Å². The van der Waals surface area contributed by atoms with Gasteiger partial charge in [-0.1, -0.05) is 18.2 Å². The Morgan fingerprint density at radius 2 is 1.69 bits per heavy atom. The van der Waals surface area contributed by atoms with Crippen LogP contribution in [0.25, 0.3) is 0 Å². The Kier molecular flexibility index (Phi) is 7.16. The molecule has 0 saturated carbocycles. The van der Waals surface area contributed by atoms with E-state index in [1.54, 1.807) is 5.32 Å². The van der Waals surface area contributed by atoms with Gasteiger partial charge in [-0.3, -0.25) is 9.59 Å². The summed E-state index contributed by atoms with van der Waals surface area (Å²) >= 11 is 0. The molecule has 32 heavy (non-hydrogen) atoms. The van der Waals surface area contributed by atoms with E-state index in [0.29, 0.717) is 0 Å². The summed E-state index contributed by atoms with van der Waals surface area (Å²) in [4.78, 5) is 24.6. The van der Waals surface area contributed by atoms with Crippen LogP contribution in [0.3, 0.4) is 0 Å². The first kappa shape index (κ1) is 23.7. The van der Waals surface area contributed by atoms with Crippen LogP contribution in [0.15, 0.2) is 53.4 Å². The highest BCUT2D eigenvalue weighted by Crippen LogP contribution is 2.23. The fourth-order valence-electron chi connectivity index (χ4n) is 3.02. The summed E-state index contributed by atoms with van der Waals surface area (Å²) in [5.41, 5.74) is -0.0829. The van der Waals surface area contributed by atoms with Crippen molar-refractivity contribution in [3.05, 3.63) is 59.7 Å². The van der Waals surface area contributed by atoms with Crippen LogP contribution < -0.4 is 10.6 Å². The van der Waals surface area contributed by atoms with E-state index in [1.807, 2.05) is 0 Å². The molecule has 1 heterocycles. The summed E-state index contributed by atoms with van der Waals surface area (Å²) in [6.07, 6.45) is -4.56. The molecule has 172 valence electrons. The number of anilines is 1. The third-order valence-corrected chi connectivity index (χ3v) is 6.51. The van der Waals surface area contributed by atoms with Gasteiger partial charge in [0, 0.05) is 24.3 Å². The molecule has 0 bridgehead atoms. The highest BCUT2D eigenvalue weighted by atomic mass is 32.2. The number of hydrogen-bond donors (Lipinski definition) is 2. The monoisotopic (exact) mass is 471 g/mol. The first-order valence-electron chi connectivity index (χ1n) is 9.51. The number of nitrogens with one attached hydrogen (secondary N) is 2. The summed E-state index contributed by atoms with van der Waals surface area (Å²) in [5, 5.41) is 4.24. The molecule has 0 radical (unpaired) electrons. The second-order valence-electron chi connectivity index (χ2n) is 6.85. The van der Waals surface area contributed by atoms with Gasteiger partial charge in [0.05, 0.1) is 23.7 Å². The van der Waals surface area contributed by atoms with E-state index in [4.69, 9.17) is 4.74 Å². The second kappa shape index (κ2) is 9.67. The predicted molar refractivity (Wildman–Crippen MR) is 109 cm³/mol. The number of rotatable bonds is 6. The van der Waals surface area contributed by atoms with E-state index in [9.17, 15) is 31.2 Å². The van der Waals surface area contributed by atoms with Gasteiger partial charge < -0.3 is 15.4 Å². The summed E-state index contributed by atoms with van der Waals surface area (Å²) in [6, 6.07) is 11.0. The predicted octanol–water partition coefficient (Wildman–Crippen LogP) is 2.25. The summed E-state index contributed by atoms with van der Waals surface area (Å²) < 4.78 is 69.3. The van der Waals surface area contributed by atoms with Crippen LogP contribution >= 0.6 is 0 Å². The molecule has 0 aliphatic carbocycles. The zero-order valence-corrected chi connectivity index (χ0v) is 17.5. The number of amides is 2. The van der Waals surface area contributed by atoms with Crippen molar-refractivity contribution >= 4 is 27.5 Å². The Balaban J connectivity index is 1.79. The molecule has 8 nitrogen and oxygen atoms in total. The Morgan fingerprint density at radius 3 is 2.38 bits per heavy atom. The van der Waals surface area contributed by atoms with Crippen molar-refractivity contribution in [3.63, 3.8) is 0 Å². The van der Waals surface area contributed by atoms with E-state index in [2.05, 4.69) is 5.32 Å². The molecule has 1 saturated heterocycles. The van der Waals surface area contributed by atoms with Gasteiger partial charge in [-0.2, -0.15) is 17.5 Å². The Hall–Kier alpha value is -2.96. The molecular weight excluding hydrogens is 451 g/mol. The normalized spacial score (nSPS) is 15.2. The van der Waals surface area contributed by atoms with Crippen molar-refractivity contribution in [2.75, 3.05) is 38.2 Å². The molecule has 0 unspecified atom stereocenters. The van der Waals surface area contributed by atoms with E-state index in [1.165, 1.54) is 52.8 Å². The van der Waals surface area contributed by atoms with Gasteiger partial charge in [0.2, 0.25) is 10.0 Å². The van der Waals surface area contributed by atoms with Gasteiger partial charge in [0.25, 0.3) is 11.8 Å². The summed E-state index contributed by atoms with van der Waals surface area (Å²) in [5.74, 6) is -1.71. The molecule has 3 rings (SSSR count). The third kappa shape index (κ3) is 5.84. The number of benzene rings is 2. The molecule has 12 heteroatoms. The van der Waals surface area contributed by atoms with Crippen LogP contribution in [0.4, 0.5) is 18.9 Å². The maximum atomic E-state index is 13.0. The number of carbonyl (C=O) groups excluding carboxylic acids is 2. The fraction of sp³-hybridized carbons (Fsp3) is 0.300. The van der Waals surface area contributed by atoms with Crippen LogP contribution in [0.5, 0.6) is 0 Å². The highest BCUT2D eigenvalue weighted by molar-refractivity contribution is 7.89. The standard InChI is InChI=1S/C20H20F3N3O5S/c21-20(22,23)13-24-18(27)14-4-3-5-15(12-14)25-19(28)16-6-1-2-7-17(16)32(29,30)26-8-10-31-11-9-26/h1-7,12H,8-11,13H2,(H,24,27)(H,25,28). The number of halogens is 3. The quantitative estimate of drug-likeness (QED) is 0.673. The number of ether oxygens (including phenoxy) is 1. The van der Waals surface area contributed by atoms with Crippen molar-refractivity contribution in [2.24, 2.45) is 0 Å². The van der Waals surface area contributed by atoms with Crippen molar-refractivity contribution < 1.29 is 35.9 Å². The van der Waals surface area contributed by atoms with Crippen LogP contribution in [0.2, 0.25) is 0 Å². The molecule has 0 atom stereocenters. The van der Waals surface area contributed by atoms with Gasteiger partial charge >= 0.3 is 6.18 Å². The van der Waals surface area contributed by atoms with E-state index in [-0.39, 0.29) is 48.0 Å². The number of hydrogen-bond acceptors (Lipinski definition) is 5. The van der Waals surface area contributed by atoms with Crippen LogP contribution in [-0.2, 0) is 14.8 Å². The van der Waals surface area contributed by atoms with Gasteiger partial charge in [-0.15, -0.1) is 0 Å². The van der Waals surface area contributed by atoms with E-state index in [0.717, 1.165) is 0 Å². The third-order valence-electron chi connectivity index (χ3n) is 4.55. The first-order valence-corrected chi connectivity index (χ1v) is 11.0. The molecule has 2 N–H and O–H groups in total. The molecule has 1 aliphatic heterocycles. The van der Waals surface area contributed by atoms with E-state index >= 15 is 0 Å². The molecule has 2 aromatic carbocycles. The molecule has 1 fully saturated rings. The zero-order chi connectivity index (χ0) is 23.4. The van der Waals surface area contributed by atoms with Crippen LogP contribution in [-0.4, -0.2) is 63.6 Å². The SMILES string of the molecule is O=C(NCC(F)(F)F)c1cccc(NC(=O)c2ccccc2S(=O)(=O)N2CCOCC2)c1. The van der Waals surface area contributed by atoms with Gasteiger partial charge in [-0.25, -0.2) is 8.42 Å². The maximum absolute atomic E-state index is 13.0. The Morgan fingerprint density at radius 1 is 1.00 bits per heavy atom. The molecule has 2 amide bonds. The minimum atomic E-state index is -4.56. The molecule has 0 aromatic heterocycles. The summed E-state index contributed by atoms with van der Waals surface area (Å²) in [6.45, 7) is -0.677. The Bertz CT molecular complexity index is 1100. The fourth-order valence-corrected chi connectivity index (χ4v) is 4.62.